The standard InChI is InChI=1S/C11H21N3O4S/c1-9-7-14(8-10(9)11(15)18-2)19(16,17)13-5-3-12-4-6-13/h9-10,12H,3-8H2,1-2H3. The average Bonchev–Trinajstić information content (AvgIpc) is 2.81. The molecule has 8 heteroatoms. The van der Waals surface area contributed by atoms with Gasteiger partial charge in [-0.1, -0.05) is 6.92 Å². The molecular weight excluding hydrogens is 270 g/mol. The summed E-state index contributed by atoms with van der Waals surface area (Å²) in [5.41, 5.74) is 0. The van der Waals surface area contributed by atoms with Gasteiger partial charge in [-0.15, -0.1) is 0 Å². The van der Waals surface area contributed by atoms with Crippen molar-refractivity contribution in [1.82, 2.24) is 13.9 Å². The number of nitrogens with one attached hydrogen (secondary N) is 1. The van der Waals surface area contributed by atoms with Crippen molar-refractivity contribution in [3.05, 3.63) is 0 Å². The van der Waals surface area contributed by atoms with E-state index in [2.05, 4.69) is 5.32 Å². The zero-order valence-electron chi connectivity index (χ0n) is 11.3. The normalized spacial score (nSPS) is 30.4. The van der Waals surface area contributed by atoms with E-state index in [1.54, 1.807) is 0 Å². The molecule has 0 aromatic rings. The van der Waals surface area contributed by atoms with E-state index in [0.29, 0.717) is 32.7 Å². The van der Waals surface area contributed by atoms with E-state index in [9.17, 15) is 13.2 Å². The minimum Gasteiger partial charge on any atom is -0.469 e. The summed E-state index contributed by atoms with van der Waals surface area (Å²) in [7, 11) is -2.11. The smallest absolute Gasteiger partial charge is 0.310 e. The Morgan fingerprint density at radius 2 is 1.84 bits per heavy atom. The Hall–Kier alpha value is -0.700. The minimum atomic E-state index is -3.45. The fourth-order valence-electron chi connectivity index (χ4n) is 2.61. The average molecular weight is 291 g/mol. The molecule has 0 aromatic heterocycles. The SMILES string of the molecule is COC(=O)C1CN(S(=O)(=O)N2CCNCC2)CC1C. The molecule has 2 unspecified atom stereocenters. The molecule has 19 heavy (non-hydrogen) atoms. The summed E-state index contributed by atoms with van der Waals surface area (Å²) >= 11 is 0. The lowest BCUT2D eigenvalue weighted by atomic mass is 9.99. The van der Waals surface area contributed by atoms with E-state index in [1.165, 1.54) is 15.7 Å². The predicted molar refractivity (Wildman–Crippen MR) is 69.6 cm³/mol. The van der Waals surface area contributed by atoms with Crippen LogP contribution in [0.5, 0.6) is 0 Å². The maximum absolute atomic E-state index is 12.5. The van der Waals surface area contributed by atoms with E-state index in [4.69, 9.17) is 4.74 Å². The van der Waals surface area contributed by atoms with Crippen LogP contribution in [0.4, 0.5) is 0 Å². The molecule has 110 valence electrons. The van der Waals surface area contributed by atoms with Crippen molar-refractivity contribution in [2.24, 2.45) is 11.8 Å². The van der Waals surface area contributed by atoms with Crippen LogP contribution in [-0.4, -0.2) is 69.4 Å². The van der Waals surface area contributed by atoms with Crippen molar-refractivity contribution in [2.75, 3.05) is 46.4 Å². The van der Waals surface area contributed by atoms with Crippen LogP contribution in [0.3, 0.4) is 0 Å². The lowest BCUT2D eigenvalue weighted by molar-refractivity contribution is -0.145. The van der Waals surface area contributed by atoms with Gasteiger partial charge in [0.15, 0.2) is 0 Å². The van der Waals surface area contributed by atoms with Gasteiger partial charge in [-0.05, 0) is 5.92 Å². The Bertz CT molecular complexity index is 433. The van der Waals surface area contributed by atoms with Crippen molar-refractivity contribution in [3.8, 4) is 0 Å². The third-order valence-electron chi connectivity index (χ3n) is 3.81. The molecule has 2 saturated heterocycles. The molecule has 2 fully saturated rings. The predicted octanol–water partition coefficient (Wildman–Crippen LogP) is -1.12. The van der Waals surface area contributed by atoms with Gasteiger partial charge in [0.2, 0.25) is 0 Å². The number of carbonyl (C=O) groups is 1. The van der Waals surface area contributed by atoms with Crippen LogP contribution in [0.25, 0.3) is 0 Å². The van der Waals surface area contributed by atoms with Gasteiger partial charge in [-0.3, -0.25) is 4.79 Å². The fourth-order valence-corrected chi connectivity index (χ4v) is 4.35. The Balaban J connectivity index is 2.08. The Morgan fingerprint density at radius 1 is 1.21 bits per heavy atom. The van der Waals surface area contributed by atoms with Crippen molar-refractivity contribution < 1.29 is 17.9 Å². The molecule has 0 radical (unpaired) electrons. The molecule has 0 amide bonds. The summed E-state index contributed by atoms with van der Waals surface area (Å²) in [6.45, 7) is 4.79. The molecule has 2 aliphatic rings. The summed E-state index contributed by atoms with van der Waals surface area (Å²) in [6.07, 6.45) is 0. The molecule has 2 aliphatic heterocycles. The van der Waals surface area contributed by atoms with Crippen molar-refractivity contribution >= 4 is 16.2 Å². The molecule has 0 aliphatic carbocycles. The van der Waals surface area contributed by atoms with Gasteiger partial charge < -0.3 is 10.1 Å². The highest BCUT2D eigenvalue weighted by Gasteiger charge is 2.42. The van der Waals surface area contributed by atoms with E-state index in [0.717, 1.165) is 0 Å². The molecular formula is C11H21N3O4S. The monoisotopic (exact) mass is 291 g/mol. The molecule has 2 rings (SSSR count). The quantitative estimate of drug-likeness (QED) is 0.666. The van der Waals surface area contributed by atoms with Crippen LogP contribution >= 0.6 is 0 Å². The zero-order chi connectivity index (χ0) is 14.0. The molecule has 0 bridgehead atoms. The summed E-state index contributed by atoms with van der Waals surface area (Å²) in [5.74, 6) is -0.696. The molecule has 2 heterocycles. The first-order valence-corrected chi connectivity index (χ1v) is 7.90. The van der Waals surface area contributed by atoms with Gasteiger partial charge in [0.1, 0.15) is 0 Å². The second-order valence-corrected chi connectivity index (χ2v) is 7.01. The maximum Gasteiger partial charge on any atom is 0.310 e. The Kier molecular flexibility index (Phi) is 4.44. The number of esters is 1. The van der Waals surface area contributed by atoms with E-state index in [1.807, 2.05) is 6.92 Å². The van der Waals surface area contributed by atoms with Gasteiger partial charge in [-0.2, -0.15) is 17.0 Å². The van der Waals surface area contributed by atoms with Gasteiger partial charge in [0, 0.05) is 39.3 Å². The maximum atomic E-state index is 12.5. The second kappa shape index (κ2) is 5.74. The van der Waals surface area contributed by atoms with E-state index in [-0.39, 0.29) is 24.3 Å². The van der Waals surface area contributed by atoms with E-state index < -0.39 is 10.2 Å². The van der Waals surface area contributed by atoms with Crippen LogP contribution in [-0.2, 0) is 19.7 Å². The number of rotatable bonds is 3. The molecule has 7 nitrogen and oxygen atoms in total. The molecule has 1 N–H and O–H groups in total. The molecule has 0 aromatic carbocycles. The highest BCUT2D eigenvalue weighted by molar-refractivity contribution is 7.86. The highest BCUT2D eigenvalue weighted by Crippen LogP contribution is 2.27. The Labute approximate surface area is 114 Å². The van der Waals surface area contributed by atoms with E-state index >= 15 is 0 Å². The summed E-state index contributed by atoms with van der Waals surface area (Å²) in [5, 5.41) is 3.12. The lowest BCUT2D eigenvalue weighted by Gasteiger charge is -2.30. The van der Waals surface area contributed by atoms with Crippen molar-refractivity contribution in [2.45, 2.75) is 6.92 Å². The Morgan fingerprint density at radius 3 is 2.42 bits per heavy atom. The first kappa shape index (κ1) is 14.7. The number of hydrogen-bond donors (Lipinski definition) is 1. The summed E-state index contributed by atoms with van der Waals surface area (Å²) in [4.78, 5) is 11.6. The number of nitrogens with zero attached hydrogens (tertiary/aromatic N) is 2. The van der Waals surface area contributed by atoms with Crippen LogP contribution in [0.15, 0.2) is 0 Å². The number of ether oxygens (including phenoxy) is 1. The molecule has 0 saturated carbocycles. The fraction of sp³-hybridized carbons (Fsp3) is 0.909. The largest absolute Gasteiger partial charge is 0.469 e. The van der Waals surface area contributed by atoms with Crippen LogP contribution in [0.2, 0.25) is 0 Å². The number of piperazine rings is 1. The zero-order valence-corrected chi connectivity index (χ0v) is 12.1. The highest BCUT2D eigenvalue weighted by atomic mass is 32.2. The first-order chi connectivity index (χ1) is 8.96. The van der Waals surface area contributed by atoms with Crippen LogP contribution < -0.4 is 5.32 Å². The van der Waals surface area contributed by atoms with Gasteiger partial charge in [0.05, 0.1) is 13.0 Å². The topological polar surface area (TPSA) is 79.0 Å². The lowest BCUT2D eigenvalue weighted by Crippen LogP contribution is -2.51. The van der Waals surface area contributed by atoms with Crippen molar-refractivity contribution in [1.29, 1.82) is 0 Å². The minimum absolute atomic E-state index is 0.00913. The van der Waals surface area contributed by atoms with Crippen LogP contribution in [0, 0.1) is 11.8 Å². The summed E-state index contributed by atoms with van der Waals surface area (Å²) < 4.78 is 32.5. The number of methoxy groups -OCH3 is 1. The number of carbonyl (C=O) groups excluding carboxylic acids is 1. The molecule has 0 spiro atoms. The van der Waals surface area contributed by atoms with Crippen LogP contribution in [0.1, 0.15) is 6.92 Å². The molecule has 2 atom stereocenters. The third-order valence-corrected chi connectivity index (χ3v) is 5.78. The summed E-state index contributed by atoms with van der Waals surface area (Å²) in [6, 6.07) is 0. The number of hydrogen-bond acceptors (Lipinski definition) is 5. The van der Waals surface area contributed by atoms with Gasteiger partial charge in [0.25, 0.3) is 10.2 Å². The van der Waals surface area contributed by atoms with Gasteiger partial charge in [-0.25, -0.2) is 0 Å². The second-order valence-electron chi connectivity index (χ2n) is 5.08. The first-order valence-electron chi connectivity index (χ1n) is 6.50. The van der Waals surface area contributed by atoms with Gasteiger partial charge >= 0.3 is 5.97 Å². The van der Waals surface area contributed by atoms with Crippen molar-refractivity contribution in [3.63, 3.8) is 0 Å². The third kappa shape index (κ3) is 2.91.